The maximum atomic E-state index is 12.4. The third-order valence-corrected chi connectivity index (χ3v) is 5.11. The Morgan fingerprint density at radius 1 is 1.04 bits per heavy atom. The molecule has 0 radical (unpaired) electrons. The van der Waals surface area contributed by atoms with E-state index in [9.17, 15) is 9.59 Å². The summed E-state index contributed by atoms with van der Waals surface area (Å²) in [4.78, 5) is 24.2. The number of hydrogen-bond donors (Lipinski definition) is 2. The van der Waals surface area contributed by atoms with Gasteiger partial charge in [0.1, 0.15) is 0 Å². The normalized spacial score (nSPS) is 20.6. The molecule has 0 saturated heterocycles. The van der Waals surface area contributed by atoms with Crippen LogP contribution in [0.5, 0.6) is 0 Å². The second-order valence-electron chi connectivity index (χ2n) is 7.43. The van der Waals surface area contributed by atoms with E-state index in [2.05, 4.69) is 10.6 Å². The number of benzene rings is 2. The van der Waals surface area contributed by atoms with Crippen LogP contribution in [0, 0.1) is 5.92 Å². The van der Waals surface area contributed by atoms with Crippen LogP contribution in [0.2, 0.25) is 0 Å². The van der Waals surface area contributed by atoms with Crippen molar-refractivity contribution >= 4 is 12.0 Å². The Kier molecular flexibility index (Phi) is 5.10. The van der Waals surface area contributed by atoms with Crippen LogP contribution < -0.4 is 10.6 Å². The van der Waals surface area contributed by atoms with E-state index < -0.39 is 0 Å². The van der Waals surface area contributed by atoms with Crippen LogP contribution in [0.1, 0.15) is 46.7 Å². The molecule has 27 heavy (non-hydrogen) atoms. The Balaban J connectivity index is 1.28. The van der Waals surface area contributed by atoms with Gasteiger partial charge >= 0.3 is 6.09 Å². The lowest BCUT2D eigenvalue weighted by Crippen LogP contribution is -2.28. The predicted molar refractivity (Wildman–Crippen MR) is 102 cm³/mol. The zero-order valence-electron chi connectivity index (χ0n) is 15.2. The molecule has 140 valence electrons. The Hall–Kier alpha value is -2.82. The summed E-state index contributed by atoms with van der Waals surface area (Å²) in [5, 5.41) is 5.87. The second-order valence-corrected chi connectivity index (χ2v) is 7.43. The fourth-order valence-electron chi connectivity index (χ4n) is 3.18. The molecule has 2 saturated carbocycles. The quantitative estimate of drug-likeness (QED) is 0.789. The lowest BCUT2D eigenvalue weighted by atomic mass is 10.1. The highest BCUT2D eigenvalue weighted by Gasteiger charge is 2.40. The fraction of sp³-hybridized carbons (Fsp3) is 0.364. The number of amides is 2. The molecule has 2 aliphatic carbocycles. The van der Waals surface area contributed by atoms with Crippen molar-refractivity contribution in [3.63, 3.8) is 0 Å². The molecule has 2 amide bonds. The van der Waals surface area contributed by atoms with Crippen LogP contribution in [-0.4, -0.2) is 24.6 Å². The SMILES string of the molecule is O=C(N[C@@H]1C[C@H]1c1cccc(C(=O)NCc2ccccc2)c1)OCC1CC1. The van der Waals surface area contributed by atoms with Gasteiger partial charge in [0.25, 0.3) is 5.91 Å². The van der Waals surface area contributed by atoms with E-state index >= 15 is 0 Å². The van der Waals surface area contributed by atoms with Gasteiger partial charge in [0.15, 0.2) is 0 Å². The molecular formula is C22H24N2O3. The topological polar surface area (TPSA) is 67.4 Å². The maximum absolute atomic E-state index is 12.4. The number of hydrogen-bond acceptors (Lipinski definition) is 3. The number of nitrogens with one attached hydrogen (secondary N) is 2. The zero-order chi connectivity index (χ0) is 18.6. The predicted octanol–water partition coefficient (Wildman–Crippen LogP) is 3.61. The Morgan fingerprint density at radius 3 is 2.63 bits per heavy atom. The van der Waals surface area contributed by atoms with Crippen molar-refractivity contribution in [2.45, 2.75) is 37.8 Å². The van der Waals surface area contributed by atoms with E-state index in [-0.39, 0.29) is 24.0 Å². The second kappa shape index (κ2) is 7.82. The molecule has 0 aliphatic heterocycles. The van der Waals surface area contributed by atoms with Gasteiger partial charge in [0.2, 0.25) is 0 Å². The number of ether oxygens (including phenoxy) is 1. The summed E-state index contributed by atoms with van der Waals surface area (Å²) >= 11 is 0. The first-order valence-electron chi connectivity index (χ1n) is 9.54. The number of alkyl carbamates (subject to hydrolysis) is 1. The molecule has 0 unspecified atom stereocenters. The largest absolute Gasteiger partial charge is 0.449 e. The monoisotopic (exact) mass is 364 g/mol. The van der Waals surface area contributed by atoms with Crippen molar-refractivity contribution in [2.24, 2.45) is 5.92 Å². The van der Waals surface area contributed by atoms with Crippen LogP contribution in [0.15, 0.2) is 54.6 Å². The molecule has 2 atom stereocenters. The molecule has 2 aromatic rings. The van der Waals surface area contributed by atoms with Gasteiger partial charge in [0.05, 0.1) is 6.61 Å². The van der Waals surface area contributed by atoms with Crippen molar-refractivity contribution in [1.29, 1.82) is 0 Å². The number of rotatable bonds is 7. The van der Waals surface area contributed by atoms with Gasteiger partial charge in [-0.1, -0.05) is 42.5 Å². The Morgan fingerprint density at radius 2 is 1.85 bits per heavy atom. The van der Waals surface area contributed by atoms with Gasteiger partial charge in [-0.05, 0) is 48.4 Å². The summed E-state index contributed by atoms with van der Waals surface area (Å²) in [6.45, 7) is 1.03. The average molecular weight is 364 g/mol. The highest BCUT2D eigenvalue weighted by atomic mass is 16.5. The lowest BCUT2D eigenvalue weighted by Gasteiger charge is -2.08. The van der Waals surface area contributed by atoms with Crippen molar-refractivity contribution in [1.82, 2.24) is 10.6 Å². The molecule has 4 rings (SSSR count). The minimum absolute atomic E-state index is 0.0882. The molecule has 5 heteroatoms. The van der Waals surface area contributed by atoms with Gasteiger partial charge in [-0.25, -0.2) is 4.79 Å². The fourth-order valence-corrected chi connectivity index (χ4v) is 3.18. The van der Waals surface area contributed by atoms with Gasteiger partial charge in [0, 0.05) is 24.1 Å². The third-order valence-electron chi connectivity index (χ3n) is 5.11. The van der Waals surface area contributed by atoms with E-state index in [1.54, 1.807) is 0 Å². The Labute approximate surface area is 159 Å². The minimum atomic E-state index is -0.328. The molecule has 5 nitrogen and oxygen atoms in total. The first kappa shape index (κ1) is 17.6. The van der Waals surface area contributed by atoms with E-state index in [1.807, 2.05) is 54.6 Å². The van der Waals surface area contributed by atoms with Crippen molar-refractivity contribution < 1.29 is 14.3 Å². The highest BCUT2D eigenvalue weighted by Crippen LogP contribution is 2.41. The third kappa shape index (κ3) is 4.88. The van der Waals surface area contributed by atoms with E-state index in [0.717, 1.165) is 17.5 Å². The van der Waals surface area contributed by atoms with Gasteiger partial charge in [-0.2, -0.15) is 0 Å². The smallest absolute Gasteiger partial charge is 0.407 e. The van der Waals surface area contributed by atoms with Gasteiger partial charge in [-0.3, -0.25) is 4.79 Å². The van der Waals surface area contributed by atoms with Crippen LogP contribution in [0.3, 0.4) is 0 Å². The first-order valence-corrected chi connectivity index (χ1v) is 9.54. The van der Waals surface area contributed by atoms with Crippen molar-refractivity contribution in [3.05, 3.63) is 71.3 Å². The molecule has 0 spiro atoms. The van der Waals surface area contributed by atoms with Crippen LogP contribution in [0.4, 0.5) is 4.79 Å². The molecule has 2 N–H and O–H groups in total. The minimum Gasteiger partial charge on any atom is -0.449 e. The van der Waals surface area contributed by atoms with E-state index in [1.165, 1.54) is 12.8 Å². The molecule has 2 fully saturated rings. The molecule has 0 aromatic heterocycles. The van der Waals surface area contributed by atoms with Crippen molar-refractivity contribution in [3.8, 4) is 0 Å². The summed E-state index contributed by atoms with van der Waals surface area (Å²) in [5.74, 6) is 0.729. The first-order chi connectivity index (χ1) is 13.2. The molecule has 2 aliphatic rings. The van der Waals surface area contributed by atoms with Crippen LogP contribution in [0.25, 0.3) is 0 Å². The molecule has 0 heterocycles. The maximum Gasteiger partial charge on any atom is 0.407 e. The van der Waals surface area contributed by atoms with Gasteiger partial charge in [-0.15, -0.1) is 0 Å². The summed E-state index contributed by atoms with van der Waals surface area (Å²) in [5.41, 5.74) is 2.79. The summed E-state index contributed by atoms with van der Waals surface area (Å²) in [7, 11) is 0. The van der Waals surface area contributed by atoms with Crippen molar-refractivity contribution in [2.75, 3.05) is 6.61 Å². The number of carbonyl (C=O) groups is 2. The lowest BCUT2D eigenvalue weighted by molar-refractivity contribution is 0.0950. The highest BCUT2D eigenvalue weighted by molar-refractivity contribution is 5.94. The van der Waals surface area contributed by atoms with Crippen LogP contribution in [-0.2, 0) is 11.3 Å². The summed E-state index contributed by atoms with van der Waals surface area (Å²) in [6.07, 6.45) is 2.89. The Bertz CT molecular complexity index is 817. The zero-order valence-corrected chi connectivity index (χ0v) is 15.2. The molecule has 2 aromatic carbocycles. The van der Waals surface area contributed by atoms with Gasteiger partial charge < -0.3 is 15.4 Å². The number of carbonyl (C=O) groups excluding carboxylic acids is 2. The average Bonchev–Trinajstić information content (AvgIpc) is 3.61. The van der Waals surface area contributed by atoms with E-state index in [0.29, 0.717) is 24.6 Å². The van der Waals surface area contributed by atoms with E-state index in [4.69, 9.17) is 4.74 Å². The molecule has 0 bridgehead atoms. The van der Waals surface area contributed by atoms with Crippen LogP contribution >= 0.6 is 0 Å². The summed E-state index contributed by atoms with van der Waals surface area (Å²) < 4.78 is 5.22. The summed E-state index contributed by atoms with van der Waals surface area (Å²) in [6, 6.07) is 17.6. The standard InChI is InChI=1S/C22H24N2O3/c25-21(23-13-15-5-2-1-3-6-15)18-8-4-7-17(11-18)19-12-20(19)24-22(26)27-14-16-9-10-16/h1-8,11,16,19-20H,9-10,12-14H2,(H,23,25)(H,24,26)/t19-,20+/m0/s1. The molecular weight excluding hydrogens is 340 g/mol.